The smallest absolute Gasteiger partial charge is 0.266 e. The first-order chi connectivity index (χ1) is 15.7. The molecular weight excluding hydrogens is 400 g/mol. The van der Waals surface area contributed by atoms with Gasteiger partial charge in [-0.3, -0.25) is 14.4 Å². The first kappa shape index (κ1) is 18.8. The van der Waals surface area contributed by atoms with E-state index in [-0.39, 0.29) is 11.8 Å². The van der Waals surface area contributed by atoms with Crippen LogP contribution >= 0.6 is 0 Å². The molecule has 0 N–H and O–H groups in total. The molecule has 2 aliphatic heterocycles. The molecule has 0 bridgehead atoms. The first-order valence-electron chi connectivity index (χ1n) is 10.6. The molecule has 0 spiro atoms. The number of rotatable bonds is 3. The van der Waals surface area contributed by atoms with Crippen molar-refractivity contribution in [2.45, 2.75) is 12.1 Å². The summed E-state index contributed by atoms with van der Waals surface area (Å²) in [6.45, 7) is 0. The Morgan fingerprint density at radius 1 is 0.625 bits per heavy atom. The van der Waals surface area contributed by atoms with Crippen molar-refractivity contribution in [3.63, 3.8) is 0 Å². The number of fused-ring (bicyclic) bond motifs is 2. The molecule has 6 rings (SSSR count). The number of nitrogens with zero attached hydrogens (tertiary/aromatic N) is 2. The van der Waals surface area contributed by atoms with Crippen LogP contribution in [0.15, 0.2) is 103 Å². The average Bonchev–Trinajstić information content (AvgIpc) is 3.36. The van der Waals surface area contributed by atoms with E-state index in [0.29, 0.717) is 5.69 Å². The SMILES string of the molecule is O=C1C2ON(c3ccccc3)C(c3ccccc3)C2C(=O)N1c1ccc2ccccc2c1. The van der Waals surface area contributed by atoms with E-state index in [1.807, 2.05) is 103 Å². The molecule has 2 saturated heterocycles. The lowest BCUT2D eigenvalue weighted by molar-refractivity contribution is -0.126. The van der Waals surface area contributed by atoms with E-state index in [4.69, 9.17) is 4.84 Å². The van der Waals surface area contributed by atoms with Crippen molar-refractivity contribution < 1.29 is 14.4 Å². The summed E-state index contributed by atoms with van der Waals surface area (Å²) in [5.41, 5.74) is 2.33. The van der Waals surface area contributed by atoms with Crippen molar-refractivity contribution in [2.24, 2.45) is 5.92 Å². The molecule has 3 atom stereocenters. The second-order valence-electron chi connectivity index (χ2n) is 8.11. The third-order valence-corrected chi connectivity index (χ3v) is 6.26. The van der Waals surface area contributed by atoms with Crippen LogP contribution in [0.2, 0.25) is 0 Å². The molecule has 2 aliphatic rings. The summed E-state index contributed by atoms with van der Waals surface area (Å²) in [4.78, 5) is 34.6. The zero-order valence-corrected chi connectivity index (χ0v) is 17.2. The van der Waals surface area contributed by atoms with Gasteiger partial charge in [0.05, 0.1) is 17.4 Å². The van der Waals surface area contributed by atoms with Crippen molar-refractivity contribution >= 4 is 34.0 Å². The van der Waals surface area contributed by atoms with Crippen molar-refractivity contribution in [3.8, 4) is 0 Å². The van der Waals surface area contributed by atoms with Gasteiger partial charge in [-0.2, -0.15) is 0 Å². The van der Waals surface area contributed by atoms with Gasteiger partial charge in [-0.05, 0) is 40.6 Å². The average molecular weight is 420 g/mol. The Morgan fingerprint density at radius 2 is 1.28 bits per heavy atom. The summed E-state index contributed by atoms with van der Waals surface area (Å²) in [6, 6.07) is 32.5. The molecule has 5 nitrogen and oxygen atoms in total. The lowest BCUT2D eigenvalue weighted by Crippen LogP contribution is -2.37. The Hall–Kier alpha value is -3.96. The third-order valence-electron chi connectivity index (χ3n) is 6.26. The van der Waals surface area contributed by atoms with Gasteiger partial charge in [0, 0.05) is 0 Å². The number of hydrogen-bond donors (Lipinski definition) is 0. The van der Waals surface area contributed by atoms with Gasteiger partial charge in [-0.1, -0.05) is 78.9 Å². The highest BCUT2D eigenvalue weighted by atomic mass is 16.7. The quantitative estimate of drug-likeness (QED) is 0.443. The third kappa shape index (κ3) is 2.82. The van der Waals surface area contributed by atoms with E-state index in [2.05, 4.69) is 0 Å². The van der Waals surface area contributed by atoms with Gasteiger partial charge in [0.1, 0.15) is 5.92 Å². The number of anilines is 2. The Kier molecular flexibility index (Phi) is 4.30. The molecule has 2 fully saturated rings. The van der Waals surface area contributed by atoms with Crippen LogP contribution in [0.5, 0.6) is 0 Å². The Labute approximate surface area is 185 Å². The molecule has 0 saturated carbocycles. The van der Waals surface area contributed by atoms with Crippen LogP contribution in [-0.2, 0) is 14.4 Å². The minimum atomic E-state index is -0.862. The highest BCUT2D eigenvalue weighted by Crippen LogP contribution is 2.47. The molecule has 3 unspecified atom stereocenters. The van der Waals surface area contributed by atoms with E-state index in [1.54, 1.807) is 5.06 Å². The molecule has 0 aliphatic carbocycles. The number of benzene rings is 4. The predicted molar refractivity (Wildman–Crippen MR) is 123 cm³/mol. The van der Waals surface area contributed by atoms with Gasteiger partial charge in [-0.15, -0.1) is 0 Å². The molecule has 32 heavy (non-hydrogen) atoms. The van der Waals surface area contributed by atoms with Crippen LogP contribution in [0.3, 0.4) is 0 Å². The number of amides is 2. The fraction of sp³-hybridized carbons (Fsp3) is 0.111. The van der Waals surface area contributed by atoms with Gasteiger partial charge in [0.25, 0.3) is 5.91 Å². The second kappa shape index (κ2) is 7.32. The zero-order chi connectivity index (χ0) is 21.7. The van der Waals surface area contributed by atoms with Crippen LogP contribution in [0.25, 0.3) is 10.8 Å². The predicted octanol–water partition coefficient (Wildman–Crippen LogP) is 4.89. The molecule has 2 heterocycles. The normalized spacial score (nSPS) is 22.6. The largest absolute Gasteiger partial charge is 0.273 e. The zero-order valence-electron chi connectivity index (χ0n) is 17.2. The molecule has 156 valence electrons. The highest BCUT2D eigenvalue weighted by Gasteiger charge is 2.60. The van der Waals surface area contributed by atoms with Crippen LogP contribution in [0, 0.1) is 5.92 Å². The van der Waals surface area contributed by atoms with Crippen molar-refractivity contribution in [3.05, 3.63) is 109 Å². The monoisotopic (exact) mass is 420 g/mol. The minimum absolute atomic E-state index is 0.234. The maximum absolute atomic E-state index is 13.7. The van der Waals surface area contributed by atoms with E-state index < -0.39 is 18.1 Å². The summed E-state index contributed by atoms with van der Waals surface area (Å²) in [7, 11) is 0. The lowest BCUT2D eigenvalue weighted by Gasteiger charge is -2.28. The van der Waals surface area contributed by atoms with Gasteiger partial charge >= 0.3 is 0 Å². The molecule has 0 aromatic heterocycles. The van der Waals surface area contributed by atoms with E-state index in [1.165, 1.54) is 4.90 Å². The van der Waals surface area contributed by atoms with Crippen LogP contribution in [0.4, 0.5) is 11.4 Å². The van der Waals surface area contributed by atoms with Crippen LogP contribution < -0.4 is 9.96 Å². The Balaban J connectivity index is 1.43. The second-order valence-corrected chi connectivity index (χ2v) is 8.11. The number of carbonyl (C=O) groups excluding carboxylic acids is 2. The van der Waals surface area contributed by atoms with Crippen molar-refractivity contribution in [1.29, 1.82) is 0 Å². The molecule has 4 aromatic carbocycles. The number of carbonyl (C=O) groups is 2. The summed E-state index contributed by atoms with van der Waals surface area (Å²) >= 11 is 0. The minimum Gasteiger partial charge on any atom is -0.273 e. The first-order valence-corrected chi connectivity index (χ1v) is 10.6. The number of hydroxylamine groups is 1. The fourth-order valence-electron chi connectivity index (χ4n) is 4.77. The summed E-state index contributed by atoms with van der Waals surface area (Å²) in [5.74, 6) is -1.19. The van der Waals surface area contributed by atoms with Gasteiger partial charge in [0.15, 0.2) is 6.10 Å². The van der Waals surface area contributed by atoms with Gasteiger partial charge in [0.2, 0.25) is 5.91 Å². The molecular formula is C27H20N2O3. The van der Waals surface area contributed by atoms with Gasteiger partial charge < -0.3 is 0 Å². The maximum atomic E-state index is 13.7. The highest BCUT2D eigenvalue weighted by molar-refractivity contribution is 6.24. The van der Waals surface area contributed by atoms with E-state index >= 15 is 0 Å². The number of imide groups is 1. The number of hydrogen-bond acceptors (Lipinski definition) is 4. The lowest BCUT2D eigenvalue weighted by atomic mass is 9.90. The van der Waals surface area contributed by atoms with Crippen LogP contribution in [-0.4, -0.2) is 17.9 Å². The summed E-state index contributed by atoms with van der Waals surface area (Å²) < 4.78 is 0. The molecule has 2 amide bonds. The molecule has 0 radical (unpaired) electrons. The van der Waals surface area contributed by atoms with Crippen molar-refractivity contribution in [1.82, 2.24) is 0 Å². The molecule has 5 heteroatoms. The summed E-state index contributed by atoms with van der Waals surface area (Å²) in [6.07, 6.45) is -0.862. The molecule has 4 aromatic rings. The van der Waals surface area contributed by atoms with Crippen molar-refractivity contribution in [2.75, 3.05) is 9.96 Å². The standard InChI is InChI=1S/C27H20N2O3/c30-26-23-24(19-10-3-1-4-11-19)29(21-13-5-2-6-14-21)32-25(23)27(31)28(26)22-16-15-18-9-7-8-12-20(18)17-22/h1-17,23-25H. The van der Waals surface area contributed by atoms with E-state index in [0.717, 1.165) is 22.0 Å². The Bertz CT molecular complexity index is 1320. The summed E-state index contributed by atoms with van der Waals surface area (Å²) in [5, 5.41) is 3.76. The maximum Gasteiger partial charge on any atom is 0.266 e. The van der Waals surface area contributed by atoms with E-state index in [9.17, 15) is 9.59 Å². The Morgan fingerprint density at radius 3 is 2.03 bits per heavy atom. The van der Waals surface area contributed by atoms with Crippen LogP contribution in [0.1, 0.15) is 11.6 Å². The fourth-order valence-corrected chi connectivity index (χ4v) is 4.77. The topological polar surface area (TPSA) is 49.9 Å². The number of para-hydroxylation sites is 1. The van der Waals surface area contributed by atoms with Gasteiger partial charge in [-0.25, -0.2) is 9.96 Å².